The third-order valence-electron chi connectivity index (χ3n) is 2.15. The van der Waals surface area contributed by atoms with Crippen LogP contribution < -0.4 is 0 Å². The van der Waals surface area contributed by atoms with E-state index in [2.05, 4.69) is 4.98 Å². The number of H-pyrrole nitrogens is 1. The molecule has 0 unspecified atom stereocenters. The highest BCUT2D eigenvalue weighted by molar-refractivity contribution is 5.89. The first-order valence-corrected chi connectivity index (χ1v) is 4.16. The summed E-state index contributed by atoms with van der Waals surface area (Å²) in [6.07, 6.45) is -2.98. The molecule has 0 aliphatic carbocycles. The highest BCUT2D eigenvalue weighted by Crippen LogP contribution is 2.34. The Morgan fingerprint density at radius 1 is 1.27 bits per heavy atom. The van der Waals surface area contributed by atoms with Crippen LogP contribution in [0.1, 0.15) is 15.9 Å². The molecular weight excluding hydrogens is 207 g/mol. The zero-order valence-corrected chi connectivity index (χ0v) is 7.43. The number of rotatable bonds is 1. The maximum atomic E-state index is 12.5. The Kier molecular flexibility index (Phi) is 2.03. The number of aromatic amines is 1. The molecule has 2 aromatic rings. The molecule has 5 heteroatoms. The molecule has 0 saturated heterocycles. The molecule has 0 saturated carbocycles. The van der Waals surface area contributed by atoms with Gasteiger partial charge in [0.2, 0.25) is 0 Å². The molecule has 1 N–H and O–H groups in total. The van der Waals surface area contributed by atoms with Crippen LogP contribution in [0, 0.1) is 0 Å². The van der Waals surface area contributed by atoms with Gasteiger partial charge in [-0.05, 0) is 18.2 Å². The molecule has 15 heavy (non-hydrogen) atoms. The van der Waals surface area contributed by atoms with Gasteiger partial charge < -0.3 is 4.98 Å². The first kappa shape index (κ1) is 9.76. The summed E-state index contributed by atoms with van der Waals surface area (Å²) in [6.45, 7) is 0. The highest BCUT2D eigenvalue weighted by Gasteiger charge is 2.33. The second-order valence-electron chi connectivity index (χ2n) is 3.12. The molecule has 0 radical (unpaired) electrons. The Morgan fingerprint density at radius 2 is 2.00 bits per heavy atom. The van der Waals surface area contributed by atoms with E-state index in [-0.39, 0.29) is 10.9 Å². The highest BCUT2D eigenvalue weighted by atomic mass is 19.4. The lowest BCUT2D eigenvalue weighted by atomic mass is 10.1. The Morgan fingerprint density at radius 3 is 2.60 bits per heavy atom. The van der Waals surface area contributed by atoms with Crippen molar-refractivity contribution < 1.29 is 18.0 Å². The van der Waals surface area contributed by atoms with E-state index in [4.69, 9.17) is 0 Å². The number of fused-ring (bicyclic) bond motifs is 1. The summed E-state index contributed by atoms with van der Waals surface area (Å²) < 4.78 is 37.4. The molecule has 0 bridgehead atoms. The number of halogens is 3. The van der Waals surface area contributed by atoms with E-state index in [0.29, 0.717) is 11.8 Å². The second kappa shape index (κ2) is 3.12. The van der Waals surface area contributed by atoms with Gasteiger partial charge in [-0.2, -0.15) is 13.2 Å². The second-order valence-corrected chi connectivity index (χ2v) is 3.12. The van der Waals surface area contributed by atoms with Crippen LogP contribution in [-0.2, 0) is 6.18 Å². The lowest BCUT2D eigenvalue weighted by molar-refractivity contribution is -0.136. The number of alkyl halides is 3. The molecule has 0 spiro atoms. The molecule has 78 valence electrons. The van der Waals surface area contributed by atoms with Crippen molar-refractivity contribution in [1.82, 2.24) is 4.98 Å². The van der Waals surface area contributed by atoms with Gasteiger partial charge in [-0.25, -0.2) is 0 Å². The monoisotopic (exact) mass is 213 g/mol. The predicted molar refractivity (Wildman–Crippen MR) is 48.7 cm³/mol. The van der Waals surface area contributed by atoms with Crippen LogP contribution in [0.15, 0.2) is 24.4 Å². The number of carbonyl (C=O) groups is 1. The van der Waals surface area contributed by atoms with E-state index in [1.807, 2.05) is 0 Å². The van der Waals surface area contributed by atoms with E-state index < -0.39 is 11.7 Å². The van der Waals surface area contributed by atoms with Crippen molar-refractivity contribution in [2.24, 2.45) is 0 Å². The molecule has 0 atom stereocenters. The first-order valence-electron chi connectivity index (χ1n) is 4.16. The molecule has 1 aromatic heterocycles. The average molecular weight is 213 g/mol. The minimum absolute atomic E-state index is 0.0205. The molecule has 2 rings (SSSR count). The van der Waals surface area contributed by atoms with Crippen LogP contribution in [0.2, 0.25) is 0 Å². The number of aromatic nitrogens is 1. The third-order valence-corrected chi connectivity index (χ3v) is 2.15. The van der Waals surface area contributed by atoms with Gasteiger partial charge in [0.1, 0.15) is 6.29 Å². The molecule has 2 nitrogen and oxygen atoms in total. The van der Waals surface area contributed by atoms with Crippen molar-refractivity contribution in [3.63, 3.8) is 0 Å². The van der Waals surface area contributed by atoms with Crippen molar-refractivity contribution >= 4 is 17.2 Å². The number of carbonyl (C=O) groups excluding carboxylic acids is 1. The fourth-order valence-corrected chi connectivity index (χ4v) is 1.45. The molecule has 1 aromatic carbocycles. The maximum absolute atomic E-state index is 12.5. The normalized spacial score (nSPS) is 11.9. The summed E-state index contributed by atoms with van der Waals surface area (Å²) in [7, 11) is 0. The summed E-state index contributed by atoms with van der Waals surface area (Å²) >= 11 is 0. The fourth-order valence-electron chi connectivity index (χ4n) is 1.45. The van der Waals surface area contributed by atoms with Gasteiger partial charge in [-0.15, -0.1) is 0 Å². The van der Waals surface area contributed by atoms with Crippen molar-refractivity contribution in [3.05, 3.63) is 35.5 Å². The van der Waals surface area contributed by atoms with Gasteiger partial charge in [0.05, 0.1) is 5.56 Å². The van der Waals surface area contributed by atoms with Gasteiger partial charge in [-0.1, -0.05) is 0 Å². The number of nitrogens with one attached hydrogen (secondary N) is 1. The Labute approximate surface area is 82.7 Å². The fraction of sp³-hybridized carbons (Fsp3) is 0.100. The largest absolute Gasteiger partial charge is 0.418 e. The van der Waals surface area contributed by atoms with Crippen LogP contribution in [0.5, 0.6) is 0 Å². The average Bonchev–Trinajstić information content (AvgIpc) is 2.59. The van der Waals surface area contributed by atoms with Crippen LogP contribution in [-0.4, -0.2) is 11.3 Å². The molecule has 0 aliphatic heterocycles. The predicted octanol–water partition coefficient (Wildman–Crippen LogP) is 3.00. The van der Waals surface area contributed by atoms with Gasteiger partial charge in [0.15, 0.2) is 0 Å². The quantitative estimate of drug-likeness (QED) is 0.725. The van der Waals surface area contributed by atoms with Crippen molar-refractivity contribution in [1.29, 1.82) is 0 Å². The minimum atomic E-state index is -4.40. The molecular formula is C10H6F3NO. The van der Waals surface area contributed by atoms with E-state index in [1.54, 1.807) is 0 Å². The van der Waals surface area contributed by atoms with Crippen LogP contribution in [0.3, 0.4) is 0 Å². The third kappa shape index (κ3) is 1.60. The molecule has 1 heterocycles. The Bertz CT molecular complexity index is 513. The van der Waals surface area contributed by atoms with Gasteiger partial charge >= 0.3 is 6.18 Å². The van der Waals surface area contributed by atoms with Gasteiger partial charge in [-0.3, -0.25) is 4.79 Å². The SMILES string of the molecule is O=Cc1ccc2[nH]cc(C(F)(F)F)c2c1. The summed E-state index contributed by atoms with van der Waals surface area (Å²) in [5.74, 6) is 0. The van der Waals surface area contributed by atoms with Gasteiger partial charge in [0.25, 0.3) is 0 Å². The maximum Gasteiger partial charge on any atom is 0.418 e. The standard InChI is InChI=1S/C10H6F3NO/c11-10(12,13)8-4-14-9-2-1-6(5-15)3-7(8)9/h1-5,14H. The van der Waals surface area contributed by atoms with E-state index in [0.717, 1.165) is 6.20 Å². The summed E-state index contributed by atoms with van der Waals surface area (Å²) in [5, 5.41) is 0.0205. The van der Waals surface area contributed by atoms with Crippen molar-refractivity contribution in [2.45, 2.75) is 6.18 Å². The number of benzene rings is 1. The van der Waals surface area contributed by atoms with Gasteiger partial charge in [0, 0.05) is 22.7 Å². The minimum Gasteiger partial charge on any atom is -0.361 e. The smallest absolute Gasteiger partial charge is 0.361 e. The van der Waals surface area contributed by atoms with Crippen molar-refractivity contribution in [3.8, 4) is 0 Å². The molecule has 0 fully saturated rings. The lowest BCUT2D eigenvalue weighted by Gasteiger charge is -2.03. The van der Waals surface area contributed by atoms with Crippen LogP contribution >= 0.6 is 0 Å². The van der Waals surface area contributed by atoms with E-state index in [9.17, 15) is 18.0 Å². The molecule has 0 aliphatic rings. The van der Waals surface area contributed by atoms with Crippen molar-refractivity contribution in [2.75, 3.05) is 0 Å². The summed E-state index contributed by atoms with van der Waals surface area (Å²) in [5.41, 5.74) is -0.151. The number of hydrogen-bond acceptors (Lipinski definition) is 1. The summed E-state index contributed by atoms with van der Waals surface area (Å²) in [6, 6.07) is 4.14. The van der Waals surface area contributed by atoms with E-state index in [1.165, 1.54) is 18.2 Å². The Hall–Kier alpha value is -1.78. The first-order chi connectivity index (χ1) is 7.02. The topological polar surface area (TPSA) is 32.9 Å². The number of aldehydes is 1. The summed E-state index contributed by atoms with van der Waals surface area (Å²) in [4.78, 5) is 13.0. The van der Waals surface area contributed by atoms with Crippen LogP contribution in [0.25, 0.3) is 10.9 Å². The molecule has 0 amide bonds. The Balaban J connectivity index is 2.72. The zero-order valence-electron chi connectivity index (χ0n) is 7.43. The van der Waals surface area contributed by atoms with Crippen LogP contribution in [0.4, 0.5) is 13.2 Å². The zero-order chi connectivity index (χ0) is 11.1. The number of hydrogen-bond donors (Lipinski definition) is 1. The lowest BCUT2D eigenvalue weighted by Crippen LogP contribution is -2.03. The van der Waals surface area contributed by atoms with E-state index >= 15 is 0 Å².